The molecule has 0 atom stereocenters. The number of anilines is 1. The summed E-state index contributed by atoms with van der Waals surface area (Å²) >= 11 is 0. The molecule has 1 aromatic heterocycles. The Morgan fingerprint density at radius 2 is 2.14 bits per heavy atom. The van der Waals surface area contributed by atoms with Crippen molar-refractivity contribution in [3.63, 3.8) is 0 Å². The van der Waals surface area contributed by atoms with Gasteiger partial charge in [-0.25, -0.2) is 4.79 Å². The number of ether oxygens (including phenoxy) is 1. The van der Waals surface area contributed by atoms with Gasteiger partial charge in [-0.05, 0) is 17.5 Å². The van der Waals surface area contributed by atoms with E-state index >= 15 is 0 Å². The summed E-state index contributed by atoms with van der Waals surface area (Å²) in [4.78, 5) is 11.9. The van der Waals surface area contributed by atoms with Crippen LogP contribution in [-0.2, 0) is 4.74 Å². The van der Waals surface area contributed by atoms with Crippen LogP contribution in [0.4, 0.5) is 5.69 Å². The highest BCUT2D eigenvalue weighted by atomic mass is 16.5. The molecule has 2 rings (SSSR count). The summed E-state index contributed by atoms with van der Waals surface area (Å²) < 4.78 is 6.17. The van der Waals surface area contributed by atoms with Crippen LogP contribution >= 0.6 is 0 Å². The second-order valence-corrected chi connectivity index (χ2v) is 5.18. The molecule has 1 aromatic carbocycles. The van der Waals surface area contributed by atoms with Crippen LogP contribution in [0.3, 0.4) is 0 Å². The van der Waals surface area contributed by atoms with E-state index in [0.29, 0.717) is 5.69 Å². The molecule has 2 aromatic rings. The lowest BCUT2D eigenvalue weighted by Gasteiger charge is -2.12. The fraction of sp³-hybridized carbons (Fsp3) is 0.250. The van der Waals surface area contributed by atoms with Crippen molar-refractivity contribution in [1.82, 2.24) is 4.57 Å². The van der Waals surface area contributed by atoms with Crippen molar-refractivity contribution in [1.29, 1.82) is 5.26 Å². The molecule has 0 aliphatic carbocycles. The Labute approximate surface area is 128 Å². The quantitative estimate of drug-likeness (QED) is 0.848. The third-order valence-corrected chi connectivity index (χ3v) is 3.46. The molecular weight excluding hydrogens is 282 g/mol. The van der Waals surface area contributed by atoms with Gasteiger partial charge >= 0.3 is 5.97 Å². The van der Waals surface area contributed by atoms with E-state index in [2.05, 4.69) is 0 Å². The van der Waals surface area contributed by atoms with Crippen LogP contribution in [0.15, 0.2) is 24.4 Å². The Balaban J connectivity index is 2.65. The number of nitrogen functional groups attached to an aromatic ring is 1. The number of carbonyl (C=O) groups excluding carboxylic acids is 1. The summed E-state index contributed by atoms with van der Waals surface area (Å²) in [5, 5.41) is 19.2. The van der Waals surface area contributed by atoms with Gasteiger partial charge < -0.3 is 20.1 Å². The Bertz CT molecular complexity index is 770. The molecule has 0 bridgehead atoms. The number of hydrogen-bond donors (Lipinski definition) is 2. The van der Waals surface area contributed by atoms with Crippen LogP contribution in [0.25, 0.3) is 5.69 Å². The SMILES string of the molecule is COC(=O)c1c(N)c(C#N)cn1-c1ccc(C(C)C)c(O)c1. The largest absolute Gasteiger partial charge is 0.508 e. The van der Waals surface area contributed by atoms with Crippen LogP contribution in [0.5, 0.6) is 5.75 Å². The van der Waals surface area contributed by atoms with Crippen LogP contribution in [-0.4, -0.2) is 22.8 Å². The molecule has 3 N–H and O–H groups in total. The van der Waals surface area contributed by atoms with E-state index in [1.54, 1.807) is 12.1 Å². The van der Waals surface area contributed by atoms with Gasteiger partial charge in [0.1, 0.15) is 11.8 Å². The van der Waals surface area contributed by atoms with Gasteiger partial charge in [0, 0.05) is 18.0 Å². The number of phenolic OH excluding ortho intramolecular Hbond substituents is 1. The van der Waals surface area contributed by atoms with Crippen molar-refractivity contribution in [3.05, 3.63) is 41.2 Å². The predicted molar refractivity (Wildman–Crippen MR) is 82.0 cm³/mol. The molecule has 0 spiro atoms. The highest BCUT2D eigenvalue weighted by Crippen LogP contribution is 2.30. The molecule has 6 heteroatoms. The van der Waals surface area contributed by atoms with Crippen molar-refractivity contribution in [2.24, 2.45) is 0 Å². The zero-order chi connectivity index (χ0) is 16.4. The van der Waals surface area contributed by atoms with Gasteiger partial charge in [0.05, 0.1) is 18.4 Å². The fourth-order valence-electron chi connectivity index (χ4n) is 2.29. The van der Waals surface area contributed by atoms with Gasteiger partial charge in [0.2, 0.25) is 0 Å². The topological polar surface area (TPSA) is 101 Å². The van der Waals surface area contributed by atoms with E-state index < -0.39 is 5.97 Å². The minimum Gasteiger partial charge on any atom is -0.508 e. The number of aromatic hydroxyl groups is 1. The summed E-state index contributed by atoms with van der Waals surface area (Å²) in [7, 11) is 1.24. The molecule has 0 amide bonds. The summed E-state index contributed by atoms with van der Waals surface area (Å²) in [5.41, 5.74) is 7.45. The number of methoxy groups -OCH3 is 1. The molecule has 1 heterocycles. The predicted octanol–water partition coefficient (Wildman–Crippen LogP) is 2.55. The zero-order valence-corrected chi connectivity index (χ0v) is 12.6. The minimum absolute atomic E-state index is 0.0572. The molecule has 0 fully saturated rings. The van der Waals surface area contributed by atoms with Gasteiger partial charge in [-0.1, -0.05) is 19.9 Å². The molecule has 0 unspecified atom stereocenters. The van der Waals surface area contributed by atoms with Crippen LogP contribution < -0.4 is 5.73 Å². The summed E-state index contributed by atoms with van der Waals surface area (Å²) in [6, 6.07) is 6.99. The number of rotatable bonds is 3. The maximum atomic E-state index is 11.9. The van der Waals surface area contributed by atoms with E-state index in [1.165, 1.54) is 23.9 Å². The van der Waals surface area contributed by atoms with E-state index in [1.807, 2.05) is 19.9 Å². The summed E-state index contributed by atoms with van der Waals surface area (Å²) in [6.45, 7) is 3.94. The number of carbonyl (C=O) groups is 1. The van der Waals surface area contributed by atoms with Gasteiger partial charge in [-0.3, -0.25) is 0 Å². The second kappa shape index (κ2) is 5.82. The number of benzene rings is 1. The zero-order valence-electron chi connectivity index (χ0n) is 12.6. The Morgan fingerprint density at radius 3 is 2.64 bits per heavy atom. The standard InChI is InChI=1S/C16H17N3O3/c1-9(2)12-5-4-11(6-13(12)20)19-8-10(7-17)14(18)15(19)16(21)22-3/h4-6,8-9,20H,18H2,1-3H3. The molecule has 0 radical (unpaired) electrons. The highest BCUT2D eigenvalue weighted by molar-refractivity contribution is 5.96. The molecule has 0 saturated carbocycles. The minimum atomic E-state index is -0.647. The van der Waals surface area contributed by atoms with Gasteiger partial charge in [0.25, 0.3) is 0 Å². The normalized spacial score (nSPS) is 10.5. The fourth-order valence-corrected chi connectivity index (χ4v) is 2.29. The first-order chi connectivity index (χ1) is 10.4. The lowest BCUT2D eigenvalue weighted by Crippen LogP contribution is -2.11. The van der Waals surface area contributed by atoms with Crippen LogP contribution in [0, 0.1) is 11.3 Å². The third kappa shape index (κ3) is 2.49. The molecule has 114 valence electrons. The first-order valence-electron chi connectivity index (χ1n) is 6.73. The second-order valence-electron chi connectivity index (χ2n) is 5.18. The molecule has 0 aliphatic heterocycles. The van der Waals surface area contributed by atoms with Crippen molar-refractivity contribution in [2.75, 3.05) is 12.8 Å². The van der Waals surface area contributed by atoms with Crippen LogP contribution in [0.2, 0.25) is 0 Å². The maximum Gasteiger partial charge on any atom is 0.357 e. The monoisotopic (exact) mass is 299 g/mol. The number of aromatic nitrogens is 1. The van der Waals surface area contributed by atoms with Gasteiger partial charge in [0.15, 0.2) is 5.69 Å². The molecular formula is C16H17N3O3. The summed E-state index contributed by atoms with van der Waals surface area (Å²) in [5.74, 6) is -0.362. The van der Waals surface area contributed by atoms with E-state index in [9.17, 15) is 9.90 Å². The summed E-state index contributed by atoms with van der Waals surface area (Å²) in [6.07, 6.45) is 1.45. The van der Waals surface area contributed by atoms with Gasteiger partial charge in [-0.15, -0.1) is 0 Å². The number of phenols is 1. The maximum absolute atomic E-state index is 11.9. The number of nitriles is 1. The number of esters is 1. The van der Waals surface area contributed by atoms with Crippen LogP contribution in [0.1, 0.15) is 41.4 Å². The number of nitrogens with two attached hydrogens (primary N) is 1. The Hall–Kier alpha value is -2.94. The van der Waals surface area contributed by atoms with E-state index in [-0.39, 0.29) is 28.6 Å². The highest BCUT2D eigenvalue weighted by Gasteiger charge is 2.22. The first-order valence-corrected chi connectivity index (χ1v) is 6.73. The van der Waals surface area contributed by atoms with Gasteiger partial charge in [-0.2, -0.15) is 5.26 Å². The van der Waals surface area contributed by atoms with Crippen molar-refractivity contribution < 1.29 is 14.6 Å². The molecule has 0 saturated heterocycles. The van der Waals surface area contributed by atoms with Crippen molar-refractivity contribution >= 4 is 11.7 Å². The number of nitrogens with zero attached hydrogens (tertiary/aromatic N) is 2. The molecule has 22 heavy (non-hydrogen) atoms. The van der Waals surface area contributed by atoms with Crippen molar-refractivity contribution in [2.45, 2.75) is 19.8 Å². The third-order valence-electron chi connectivity index (χ3n) is 3.46. The van der Waals surface area contributed by atoms with E-state index in [4.69, 9.17) is 15.7 Å². The first kappa shape index (κ1) is 15.4. The molecule has 0 aliphatic rings. The average Bonchev–Trinajstić information content (AvgIpc) is 2.82. The smallest absolute Gasteiger partial charge is 0.357 e. The van der Waals surface area contributed by atoms with Crippen molar-refractivity contribution in [3.8, 4) is 17.5 Å². The Morgan fingerprint density at radius 1 is 1.45 bits per heavy atom. The lowest BCUT2D eigenvalue weighted by molar-refractivity contribution is 0.0593. The average molecular weight is 299 g/mol. The Kier molecular flexibility index (Phi) is 4.08. The molecule has 6 nitrogen and oxygen atoms in total. The van der Waals surface area contributed by atoms with E-state index in [0.717, 1.165) is 5.56 Å². The lowest BCUT2D eigenvalue weighted by atomic mass is 10.0. The number of hydrogen-bond acceptors (Lipinski definition) is 5.